The number of sulfone groups is 1. The quantitative estimate of drug-likeness (QED) is 0.559. The minimum Gasteiger partial charge on any atom is -0.274 e. The van der Waals surface area contributed by atoms with Crippen LogP contribution in [0.1, 0.15) is 18.4 Å². The molecule has 1 aromatic carbocycles. The van der Waals surface area contributed by atoms with Crippen molar-refractivity contribution in [3.63, 3.8) is 0 Å². The lowest BCUT2D eigenvalue weighted by molar-refractivity contribution is -0.146. The van der Waals surface area contributed by atoms with Gasteiger partial charge in [-0.05, 0) is 18.1 Å². The molecule has 2 heterocycles. The van der Waals surface area contributed by atoms with E-state index >= 15 is 0 Å². The van der Waals surface area contributed by atoms with Crippen LogP contribution in [0.25, 0.3) is 0 Å². The Morgan fingerprint density at radius 1 is 1.25 bits per heavy atom. The molecule has 108 valence electrons. The summed E-state index contributed by atoms with van der Waals surface area (Å²) in [6.07, 6.45) is -0.0183. The second-order valence-corrected chi connectivity index (χ2v) is 9.31. The molecule has 2 aliphatic rings. The molecular weight excluding hydrogens is 326 g/mol. The highest BCUT2D eigenvalue weighted by atomic mass is 35.7. The zero-order valence-electron chi connectivity index (χ0n) is 10.1. The molecule has 9 heteroatoms. The van der Waals surface area contributed by atoms with E-state index in [1.165, 1.54) is 12.1 Å². The smallest absolute Gasteiger partial charge is 0.274 e. The lowest BCUT2D eigenvalue weighted by atomic mass is 9.77. The van der Waals surface area contributed by atoms with Crippen molar-refractivity contribution >= 4 is 35.7 Å². The van der Waals surface area contributed by atoms with Gasteiger partial charge in [-0.2, -0.15) is 8.42 Å². The molecule has 1 fully saturated rings. The maximum absolute atomic E-state index is 12.1. The molecule has 0 bridgehead atoms. The SMILES string of the molecule is O=C1CC2(CCS(=O)(=O)c3ccccc32)N1S(=O)(=O)Cl. The van der Waals surface area contributed by atoms with E-state index in [4.69, 9.17) is 10.7 Å². The van der Waals surface area contributed by atoms with Crippen LogP contribution in [0.15, 0.2) is 29.2 Å². The third kappa shape index (κ3) is 1.71. The van der Waals surface area contributed by atoms with Crippen molar-refractivity contribution in [1.82, 2.24) is 4.31 Å². The maximum atomic E-state index is 12.1. The molecule has 1 amide bonds. The van der Waals surface area contributed by atoms with Crippen molar-refractivity contribution in [3.05, 3.63) is 29.8 Å². The number of carbonyl (C=O) groups is 1. The minimum absolute atomic E-state index is 0.0318. The van der Waals surface area contributed by atoms with E-state index in [1.807, 2.05) is 0 Å². The molecular formula is C11H10ClNO5S2. The third-order valence-corrected chi connectivity index (χ3v) is 6.96. The van der Waals surface area contributed by atoms with Gasteiger partial charge in [-0.15, -0.1) is 0 Å². The summed E-state index contributed by atoms with van der Waals surface area (Å²) in [5.74, 6) is -0.825. The van der Waals surface area contributed by atoms with Crippen molar-refractivity contribution in [2.24, 2.45) is 0 Å². The van der Waals surface area contributed by atoms with E-state index in [1.54, 1.807) is 12.1 Å². The summed E-state index contributed by atoms with van der Waals surface area (Å²) in [4.78, 5) is 11.7. The first-order chi connectivity index (χ1) is 9.18. The van der Waals surface area contributed by atoms with Gasteiger partial charge in [0.25, 0.3) is 0 Å². The molecule has 1 aromatic rings. The van der Waals surface area contributed by atoms with E-state index in [-0.39, 0.29) is 23.5 Å². The zero-order valence-corrected chi connectivity index (χ0v) is 12.5. The number of amides is 1. The molecule has 1 spiro atoms. The molecule has 1 saturated heterocycles. The normalized spacial score (nSPS) is 28.1. The Morgan fingerprint density at radius 2 is 1.90 bits per heavy atom. The predicted octanol–water partition coefficient (Wildman–Crippen LogP) is 0.775. The third-order valence-electron chi connectivity index (χ3n) is 3.78. The Morgan fingerprint density at radius 3 is 2.50 bits per heavy atom. The van der Waals surface area contributed by atoms with E-state index < -0.39 is 30.5 Å². The lowest BCUT2D eigenvalue weighted by Gasteiger charge is -2.51. The number of carbonyl (C=O) groups excluding carboxylic acids is 1. The number of halogens is 1. The van der Waals surface area contributed by atoms with Gasteiger partial charge in [0.1, 0.15) is 0 Å². The second kappa shape index (κ2) is 3.96. The highest BCUT2D eigenvalue weighted by Gasteiger charge is 2.60. The summed E-state index contributed by atoms with van der Waals surface area (Å²) in [6.45, 7) is 0. The van der Waals surface area contributed by atoms with Gasteiger partial charge in [0.2, 0.25) is 5.91 Å². The van der Waals surface area contributed by atoms with Crippen LogP contribution in [0.3, 0.4) is 0 Å². The molecule has 6 nitrogen and oxygen atoms in total. The molecule has 2 aliphatic heterocycles. The van der Waals surface area contributed by atoms with E-state index in [2.05, 4.69) is 0 Å². The standard InChI is InChI=1S/C11H10ClNO5S2/c12-20(17,18)13-10(14)7-11(13)5-6-19(15,16)9-4-2-1-3-8(9)11/h1-4H,5-7H2. The molecule has 20 heavy (non-hydrogen) atoms. The van der Waals surface area contributed by atoms with Crippen molar-refractivity contribution in [1.29, 1.82) is 0 Å². The Balaban J connectivity index is 2.26. The number of nitrogens with zero attached hydrogens (tertiary/aromatic N) is 1. The fourth-order valence-corrected chi connectivity index (χ4v) is 6.25. The molecule has 3 rings (SSSR count). The summed E-state index contributed by atoms with van der Waals surface area (Å²) in [7, 11) is -2.38. The van der Waals surface area contributed by atoms with E-state index in [0.717, 1.165) is 0 Å². The number of rotatable bonds is 1. The lowest BCUT2D eigenvalue weighted by Crippen LogP contribution is -2.64. The van der Waals surface area contributed by atoms with Crippen LogP contribution in [0, 0.1) is 0 Å². The van der Waals surface area contributed by atoms with Crippen LogP contribution in [-0.4, -0.2) is 32.8 Å². The van der Waals surface area contributed by atoms with Crippen LogP contribution < -0.4 is 0 Å². The Labute approximate surface area is 120 Å². The number of hydrogen-bond donors (Lipinski definition) is 0. The van der Waals surface area contributed by atoms with E-state index in [0.29, 0.717) is 9.87 Å². The number of β-lactam (4-membered cyclic amide) rings is 1. The average Bonchev–Trinajstić information content (AvgIpc) is 2.30. The van der Waals surface area contributed by atoms with Crippen LogP contribution in [0.2, 0.25) is 0 Å². The fourth-order valence-electron chi connectivity index (χ4n) is 2.94. The van der Waals surface area contributed by atoms with Gasteiger partial charge in [-0.3, -0.25) is 4.79 Å². The molecule has 0 radical (unpaired) electrons. The largest absolute Gasteiger partial charge is 0.324 e. The summed E-state index contributed by atoms with van der Waals surface area (Å²) < 4.78 is 47.9. The fraction of sp³-hybridized carbons (Fsp3) is 0.364. The van der Waals surface area contributed by atoms with Gasteiger partial charge in [0.05, 0.1) is 22.6 Å². The van der Waals surface area contributed by atoms with E-state index in [9.17, 15) is 21.6 Å². The van der Waals surface area contributed by atoms with Gasteiger partial charge < -0.3 is 0 Å². The Kier molecular flexibility index (Phi) is 2.74. The number of fused-ring (bicyclic) bond motifs is 2. The van der Waals surface area contributed by atoms with Crippen molar-refractivity contribution in [2.45, 2.75) is 23.3 Å². The molecule has 1 unspecified atom stereocenters. The van der Waals surface area contributed by atoms with Crippen LogP contribution in [-0.2, 0) is 29.4 Å². The summed E-state index contributed by atoms with van der Waals surface area (Å²) in [6, 6.07) is 6.14. The van der Waals surface area contributed by atoms with Crippen LogP contribution >= 0.6 is 10.7 Å². The summed E-state index contributed by atoms with van der Waals surface area (Å²) >= 11 is 0. The molecule has 1 atom stereocenters. The first kappa shape index (κ1) is 13.8. The predicted molar refractivity (Wildman–Crippen MR) is 71.0 cm³/mol. The van der Waals surface area contributed by atoms with Gasteiger partial charge in [-0.25, -0.2) is 12.7 Å². The van der Waals surface area contributed by atoms with Gasteiger partial charge in [-0.1, -0.05) is 18.2 Å². The Bertz CT molecular complexity index is 817. The monoisotopic (exact) mass is 335 g/mol. The first-order valence-electron chi connectivity index (χ1n) is 5.79. The van der Waals surface area contributed by atoms with Crippen LogP contribution in [0.5, 0.6) is 0 Å². The van der Waals surface area contributed by atoms with Gasteiger partial charge >= 0.3 is 9.24 Å². The molecule has 0 aromatic heterocycles. The molecule has 0 aliphatic carbocycles. The topological polar surface area (TPSA) is 88.6 Å². The number of hydrogen-bond acceptors (Lipinski definition) is 5. The summed E-state index contributed by atoms with van der Waals surface area (Å²) in [5.41, 5.74) is -0.824. The maximum Gasteiger partial charge on any atom is 0.324 e. The van der Waals surface area contributed by atoms with Crippen molar-refractivity contribution in [3.8, 4) is 0 Å². The average molecular weight is 336 g/mol. The second-order valence-electron chi connectivity index (χ2n) is 4.87. The molecule has 0 saturated carbocycles. The zero-order chi connectivity index (χ0) is 14.8. The van der Waals surface area contributed by atoms with Crippen molar-refractivity contribution < 1.29 is 21.6 Å². The molecule has 0 N–H and O–H groups in total. The van der Waals surface area contributed by atoms with Gasteiger partial charge in [0, 0.05) is 10.7 Å². The first-order valence-corrected chi connectivity index (χ1v) is 9.70. The highest BCUT2D eigenvalue weighted by Crippen LogP contribution is 2.51. The van der Waals surface area contributed by atoms with Crippen molar-refractivity contribution in [2.75, 3.05) is 5.75 Å². The summed E-state index contributed by atoms with van der Waals surface area (Å²) in [5, 5.41) is 0. The highest BCUT2D eigenvalue weighted by molar-refractivity contribution is 8.12. The van der Waals surface area contributed by atoms with Gasteiger partial charge in [0.15, 0.2) is 9.84 Å². The minimum atomic E-state index is -4.24. The van der Waals surface area contributed by atoms with Crippen LogP contribution in [0.4, 0.5) is 0 Å². The number of benzene rings is 1. The Hall–Kier alpha value is -1.12.